The van der Waals surface area contributed by atoms with Crippen molar-refractivity contribution >= 4 is 11.6 Å². The van der Waals surface area contributed by atoms with Gasteiger partial charge in [-0.15, -0.1) is 0 Å². The predicted molar refractivity (Wildman–Crippen MR) is 79.0 cm³/mol. The summed E-state index contributed by atoms with van der Waals surface area (Å²) in [6.07, 6.45) is 3.87. The first-order chi connectivity index (χ1) is 9.08. The molecule has 1 fully saturated rings. The van der Waals surface area contributed by atoms with Crippen LogP contribution in [0.15, 0.2) is 24.3 Å². The van der Waals surface area contributed by atoms with E-state index in [-0.39, 0.29) is 5.91 Å². The zero-order valence-corrected chi connectivity index (χ0v) is 12.1. The third-order valence-corrected chi connectivity index (χ3v) is 4.16. The van der Waals surface area contributed by atoms with Gasteiger partial charge in [0.15, 0.2) is 0 Å². The van der Waals surface area contributed by atoms with E-state index in [1.165, 1.54) is 30.5 Å². The van der Waals surface area contributed by atoms with E-state index in [9.17, 15) is 4.79 Å². The molecule has 0 bridgehead atoms. The smallest absolute Gasteiger partial charge is 0.219 e. The first-order valence-electron chi connectivity index (χ1n) is 7.14. The largest absolute Gasteiger partial charge is 0.382 e. The minimum absolute atomic E-state index is 0.101. The summed E-state index contributed by atoms with van der Waals surface area (Å²) >= 11 is 0. The fourth-order valence-electron chi connectivity index (χ4n) is 2.73. The number of amides is 1. The molecule has 1 N–H and O–H groups in total. The second kappa shape index (κ2) is 6.09. The van der Waals surface area contributed by atoms with Crippen LogP contribution in [0.4, 0.5) is 5.69 Å². The van der Waals surface area contributed by atoms with Crippen molar-refractivity contribution in [3.05, 3.63) is 29.8 Å². The number of hydrogen-bond donors (Lipinski definition) is 1. The SMILES string of the molecule is CC(=O)N(C)Cc1ccccc1NC1CCCC1C. The molecule has 1 aliphatic carbocycles. The molecule has 0 spiro atoms. The molecule has 1 aromatic rings. The van der Waals surface area contributed by atoms with Crippen LogP contribution in [0.2, 0.25) is 0 Å². The first-order valence-corrected chi connectivity index (χ1v) is 7.14. The van der Waals surface area contributed by atoms with E-state index in [1.54, 1.807) is 11.8 Å². The van der Waals surface area contributed by atoms with Crippen LogP contribution in [0.3, 0.4) is 0 Å². The lowest BCUT2D eigenvalue weighted by Gasteiger charge is -2.23. The number of anilines is 1. The van der Waals surface area contributed by atoms with Crippen LogP contribution >= 0.6 is 0 Å². The third kappa shape index (κ3) is 3.49. The molecule has 1 saturated carbocycles. The van der Waals surface area contributed by atoms with Crippen molar-refractivity contribution in [2.45, 2.75) is 45.7 Å². The lowest BCUT2D eigenvalue weighted by molar-refractivity contribution is -0.128. The van der Waals surface area contributed by atoms with Crippen LogP contribution in [0, 0.1) is 5.92 Å². The van der Waals surface area contributed by atoms with Crippen LogP contribution < -0.4 is 5.32 Å². The summed E-state index contributed by atoms with van der Waals surface area (Å²) < 4.78 is 0. The monoisotopic (exact) mass is 260 g/mol. The highest BCUT2D eigenvalue weighted by atomic mass is 16.2. The molecule has 1 aliphatic rings. The molecule has 0 radical (unpaired) electrons. The van der Waals surface area contributed by atoms with E-state index in [0.717, 1.165) is 5.92 Å². The highest BCUT2D eigenvalue weighted by Crippen LogP contribution is 2.29. The summed E-state index contributed by atoms with van der Waals surface area (Å²) in [4.78, 5) is 13.1. The average molecular weight is 260 g/mol. The Morgan fingerprint density at radius 3 is 2.74 bits per heavy atom. The van der Waals surface area contributed by atoms with Crippen LogP contribution in [0.5, 0.6) is 0 Å². The molecule has 2 rings (SSSR count). The maximum Gasteiger partial charge on any atom is 0.219 e. The topological polar surface area (TPSA) is 32.3 Å². The van der Waals surface area contributed by atoms with Crippen LogP contribution in [0.25, 0.3) is 0 Å². The molecule has 0 aliphatic heterocycles. The minimum Gasteiger partial charge on any atom is -0.382 e. The molecule has 3 nitrogen and oxygen atoms in total. The Morgan fingerprint density at radius 2 is 2.11 bits per heavy atom. The molecule has 3 heteroatoms. The predicted octanol–water partition coefficient (Wildman–Crippen LogP) is 3.27. The van der Waals surface area contributed by atoms with Gasteiger partial charge in [0.1, 0.15) is 0 Å². The summed E-state index contributed by atoms with van der Waals surface area (Å²) in [5, 5.41) is 3.67. The number of nitrogens with zero attached hydrogens (tertiary/aromatic N) is 1. The number of hydrogen-bond acceptors (Lipinski definition) is 2. The number of carbonyl (C=O) groups excluding carboxylic acids is 1. The van der Waals surface area contributed by atoms with Crippen molar-refractivity contribution in [3.63, 3.8) is 0 Å². The van der Waals surface area contributed by atoms with E-state index in [2.05, 4.69) is 30.4 Å². The Kier molecular flexibility index (Phi) is 4.46. The molecule has 1 aromatic carbocycles. The lowest BCUT2D eigenvalue weighted by Crippen LogP contribution is -2.26. The fraction of sp³-hybridized carbons (Fsp3) is 0.562. The second-order valence-electron chi connectivity index (χ2n) is 5.69. The molecule has 2 atom stereocenters. The Morgan fingerprint density at radius 1 is 1.37 bits per heavy atom. The molecular weight excluding hydrogens is 236 g/mol. The van der Waals surface area contributed by atoms with Gasteiger partial charge in [-0.2, -0.15) is 0 Å². The number of para-hydroxylation sites is 1. The minimum atomic E-state index is 0.101. The molecule has 0 heterocycles. The Bertz CT molecular complexity index is 444. The molecule has 0 saturated heterocycles. The van der Waals surface area contributed by atoms with Crippen molar-refractivity contribution in [3.8, 4) is 0 Å². The van der Waals surface area contributed by atoms with Gasteiger partial charge in [-0.05, 0) is 30.4 Å². The van der Waals surface area contributed by atoms with Crippen LogP contribution in [-0.4, -0.2) is 23.9 Å². The maximum atomic E-state index is 11.4. The second-order valence-corrected chi connectivity index (χ2v) is 5.69. The van der Waals surface area contributed by atoms with E-state index in [4.69, 9.17) is 0 Å². The summed E-state index contributed by atoms with van der Waals surface area (Å²) in [7, 11) is 1.84. The van der Waals surface area contributed by atoms with Crippen molar-refractivity contribution < 1.29 is 4.79 Å². The molecule has 104 valence electrons. The van der Waals surface area contributed by atoms with Crippen LogP contribution in [0.1, 0.15) is 38.7 Å². The molecular formula is C16H24N2O. The van der Waals surface area contributed by atoms with Crippen molar-refractivity contribution in [2.24, 2.45) is 5.92 Å². The molecule has 1 amide bonds. The van der Waals surface area contributed by atoms with Crippen molar-refractivity contribution in [2.75, 3.05) is 12.4 Å². The van der Waals surface area contributed by atoms with E-state index in [1.807, 2.05) is 13.1 Å². The van der Waals surface area contributed by atoms with E-state index >= 15 is 0 Å². The lowest BCUT2D eigenvalue weighted by atomic mass is 10.0. The van der Waals surface area contributed by atoms with Gasteiger partial charge in [0.05, 0.1) is 0 Å². The Hall–Kier alpha value is -1.51. The van der Waals surface area contributed by atoms with Gasteiger partial charge >= 0.3 is 0 Å². The zero-order valence-electron chi connectivity index (χ0n) is 12.1. The average Bonchev–Trinajstić information content (AvgIpc) is 2.77. The molecule has 0 aromatic heterocycles. The summed E-state index contributed by atoms with van der Waals surface area (Å²) in [6, 6.07) is 8.88. The van der Waals surface area contributed by atoms with Gasteiger partial charge in [-0.3, -0.25) is 4.79 Å². The first kappa shape index (κ1) is 13.9. The fourth-order valence-corrected chi connectivity index (χ4v) is 2.73. The standard InChI is InChI=1S/C16H24N2O/c1-12-7-6-10-15(12)17-16-9-5-4-8-14(16)11-18(3)13(2)19/h4-5,8-9,12,15,17H,6-7,10-11H2,1-3H3. The molecule has 2 unspecified atom stereocenters. The number of rotatable bonds is 4. The van der Waals surface area contributed by atoms with E-state index in [0.29, 0.717) is 12.6 Å². The van der Waals surface area contributed by atoms with Gasteiger partial charge in [-0.1, -0.05) is 31.5 Å². The van der Waals surface area contributed by atoms with Gasteiger partial charge in [-0.25, -0.2) is 0 Å². The summed E-state index contributed by atoms with van der Waals surface area (Å²) in [6.45, 7) is 4.59. The number of carbonyl (C=O) groups is 1. The zero-order chi connectivity index (χ0) is 13.8. The van der Waals surface area contributed by atoms with Gasteiger partial charge in [0.25, 0.3) is 0 Å². The quantitative estimate of drug-likeness (QED) is 0.901. The third-order valence-electron chi connectivity index (χ3n) is 4.16. The molecule has 19 heavy (non-hydrogen) atoms. The van der Waals surface area contributed by atoms with Crippen molar-refractivity contribution in [1.82, 2.24) is 4.90 Å². The number of nitrogens with one attached hydrogen (secondary N) is 1. The van der Waals surface area contributed by atoms with Gasteiger partial charge < -0.3 is 10.2 Å². The summed E-state index contributed by atoms with van der Waals surface area (Å²) in [5.41, 5.74) is 2.37. The highest BCUT2D eigenvalue weighted by Gasteiger charge is 2.23. The highest BCUT2D eigenvalue weighted by molar-refractivity contribution is 5.73. The van der Waals surface area contributed by atoms with Gasteiger partial charge in [0.2, 0.25) is 5.91 Å². The van der Waals surface area contributed by atoms with E-state index < -0.39 is 0 Å². The van der Waals surface area contributed by atoms with Crippen molar-refractivity contribution in [1.29, 1.82) is 0 Å². The maximum absolute atomic E-state index is 11.4. The normalized spacial score (nSPS) is 22.3. The Labute approximate surface area is 116 Å². The van der Waals surface area contributed by atoms with Crippen LogP contribution in [-0.2, 0) is 11.3 Å². The number of benzene rings is 1. The summed E-state index contributed by atoms with van der Waals surface area (Å²) in [5.74, 6) is 0.836. The van der Waals surface area contributed by atoms with Gasteiger partial charge in [0, 0.05) is 32.2 Å². The Balaban J connectivity index is 2.09.